The minimum atomic E-state index is -0.373. The number of fused-ring (bicyclic) bond motifs is 6. The maximum Gasteiger partial charge on any atom is 0.344 e. The van der Waals surface area contributed by atoms with Gasteiger partial charge in [0.05, 0.1) is 12.0 Å². The maximum atomic E-state index is 13.3. The Morgan fingerprint density at radius 2 is 1.67 bits per heavy atom. The van der Waals surface area contributed by atoms with Crippen molar-refractivity contribution in [1.82, 2.24) is 0 Å². The van der Waals surface area contributed by atoms with Crippen molar-refractivity contribution in [3.8, 4) is 23.0 Å². The van der Waals surface area contributed by atoms with Crippen molar-refractivity contribution < 1.29 is 28.2 Å². The Morgan fingerprint density at radius 3 is 2.43 bits per heavy atom. The summed E-state index contributed by atoms with van der Waals surface area (Å²) in [6, 6.07) is 12.1. The van der Waals surface area contributed by atoms with Crippen LogP contribution in [-0.4, -0.2) is 25.3 Å². The van der Waals surface area contributed by atoms with E-state index in [0.29, 0.717) is 40.3 Å². The van der Waals surface area contributed by atoms with Gasteiger partial charge in [-0.3, -0.25) is 4.79 Å². The maximum absolute atomic E-state index is 13.3. The van der Waals surface area contributed by atoms with E-state index in [2.05, 4.69) is 40.7 Å². The molecule has 7 rings (SSSR count). The number of allylic oxidation sites excluding steroid dienone is 1. The highest BCUT2D eigenvalue weighted by Crippen LogP contribution is 2.67. The van der Waals surface area contributed by atoms with Crippen molar-refractivity contribution in [2.75, 3.05) is 13.2 Å². The molecule has 4 aliphatic rings. The second-order valence-corrected chi connectivity index (χ2v) is 17.9. The Balaban J connectivity index is 0.936. The predicted octanol–water partition coefficient (Wildman–Crippen LogP) is 11.6. The van der Waals surface area contributed by atoms with Gasteiger partial charge >= 0.3 is 5.97 Å². The number of benzene rings is 2. The fourth-order valence-electron chi connectivity index (χ4n) is 11.5. The Bertz CT molecular complexity index is 1890. The van der Waals surface area contributed by atoms with Crippen molar-refractivity contribution in [3.05, 3.63) is 70.1 Å². The monoisotopic (exact) mass is 738 g/mol. The number of ether oxygens (including phenoxy) is 4. The van der Waals surface area contributed by atoms with E-state index in [0.717, 1.165) is 60.5 Å². The minimum absolute atomic E-state index is 0.126. The van der Waals surface area contributed by atoms with Gasteiger partial charge in [0.25, 0.3) is 0 Å². The van der Waals surface area contributed by atoms with E-state index in [1.807, 2.05) is 6.92 Å². The van der Waals surface area contributed by atoms with Crippen LogP contribution >= 0.6 is 0 Å². The van der Waals surface area contributed by atoms with Crippen LogP contribution < -0.4 is 19.6 Å². The van der Waals surface area contributed by atoms with E-state index in [1.54, 1.807) is 49.4 Å². The molecule has 0 bridgehead atoms. The van der Waals surface area contributed by atoms with Crippen LogP contribution in [0.25, 0.3) is 11.0 Å². The molecule has 7 nitrogen and oxygen atoms in total. The van der Waals surface area contributed by atoms with E-state index in [9.17, 15) is 9.59 Å². The average molecular weight is 739 g/mol. The summed E-state index contributed by atoms with van der Waals surface area (Å²) in [6.07, 6.45) is 16.0. The number of aryl methyl sites for hydroxylation is 1. The Hall–Kier alpha value is -3.74. The van der Waals surface area contributed by atoms with Gasteiger partial charge in [-0.25, -0.2) is 4.79 Å². The zero-order valence-corrected chi connectivity index (χ0v) is 33.7. The summed E-state index contributed by atoms with van der Waals surface area (Å²) in [5.74, 6) is 6.62. The number of hydrogen-bond acceptors (Lipinski definition) is 7. The fourth-order valence-corrected chi connectivity index (χ4v) is 11.5. The van der Waals surface area contributed by atoms with Gasteiger partial charge in [0.15, 0.2) is 6.61 Å². The molecule has 0 amide bonds. The highest BCUT2D eigenvalue weighted by molar-refractivity contribution is 5.80. The normalized spacial score (nSPS) is 29.5. The molecule has 1 heterocycles. The zero-order valence-electron chi connectivity index (χ0n) is 33.7. The van der Waals surface area contributed by atoms with Crippen LogP contribution in [0, 0.1) is 53.3 Å². The smallest absolute Gasteiger partial charge is 0.344 e. The van der Waals surface area contributed by atoms with Crippen LogP contribution in [0.3, 0.4) is 0 Å². The van der Waals surface area contributed by atoms with Crippen molar-refractivity contribution in [3.63, 3.8) is 0 Å². The molecular weight excluding hydrogens is 677 g/mol. The molecule has 2 aromatic carbocycles. The van der Waals surface area contributed by atoms with Gasteiger partial charge in [-0.2, -0.15) is 0 Å². The number of hydrogen-bond donors (Lipinski definition) is 0. The molecule has 0 N–H and O–H groups in total. The van der Waals surface area contributed by atoms with E-state index >= 15 is 0 Å². The molecule has 8 atom stereocenters. The van der Waals surface area contributed by atoms with Crippen molar-refractivity contribution in [2.45, 2.75) is 125 Å². The molecule has 0 saturated heterocycles. The molecule has 0 spiro atoms. The quantitative estimate of drug-likeness (QED) is 0.127. The highest BCUT2D eigenvalue weighted by atomic mass is 16.6. The Kier molecular flexibility index (Phi) is 11.3. The highest BCUT2D eigenvalue weighted by Gasteiger charge is 2.59. The van der Waals surface area contributed by atoms with Gasteiger partial charge < -0.3 is 23.4 Å². The van der Waals surface area contributed by atoms with Gasteiger partial charge in [-0.15, -0.1) is 0 Å². The van der Waals surface area contributed by atoms with E-state index in [4.69, 9.17) is 23.4 Å². The molecule has 3 aromatic rings. The van der Waals surface area contributed by atoms with Gasteiger partial charge in [-0.05, 0) is 142 Å². The molecule has 0 aliphatic heterocycles. The number of carbonyl (C=O) groups excluding carboxylic acids is 1. The van der Waals surface area contributed by atoms with E-state index < -0.39 is 0 Å². The zero-order chi connectivity index (χ0) is 38.2. The SMILES string of the molecule is CCOc1ccc(Oc2c(C)oc3cc(OCC(=O)O[C@H]4CC[C@@]5(C)C(=CC[C@@H]6[C@H]7CC[C@@H]([C@H](C)CCCC(C)C)[C@@]7(C)CC[C@H]65)C4)ccc3c2=O)cc1. The predicted molar refractivity (Wildman–Crippen MR) is 213 cm³/mol. The van der Waals surface area contributed by atoms with Gasteiger partial charge in [-0.1, -0.05) is 65.5 Å². The summed E-state index contributed by atoms with van der Waals surface area (Å²) in [4.78, 5) is 26.4. The second kappa shape index (κ2) is 15.8. The first-order valence-corrected chi connectivity index (χ1v) is 20.9. The lowest BCUT2D eigenvalue weighted by Crippen LogP contribution is -2.51. The number of rotatable bonds is 13. The van der Waals surface area contributed by atoms with Crippen molar-refractivity contribution >= 4 is 16.9 Å². The fraction of sp³-hybridized carbons (Fsp3) is 0.617. The molecule has 4 aliphatic carbocycles. The Labute approximate surface area is 322 Å². The van der Waals surface area contributed by atoms with Crippen LogP contribution in [0.1, 0.15) is 118 Å². The summed E-state index contributed by atoms with van der Waals surface area (Å²) in [5.41, 5.74) is 2.29. The van der Waals surface area contributed by atoms with Crippen LogP contribution in [-0.2, 0) is 9.53 Å². The molecule has 0 radical (unpaired) electrons. The average Bonchev–Trinajstić information content (AvgIpc) is 3.50. The lowest BCUT2D eigenvalue weighted by molar-refractivity contribution is -0.153. The summed E-state index contributed by atoms with van der Waals surface area (Å²) in [6.45, 7) is 16.4. The third kappa shape index (κ3) is 7.58. The number of esters is 1. The summed E-state index contributed by atoms with van der Waals surface area (Å²) in [5, 5.41) is 0.367. The van der Waals surface area contributed by atoms with Crippen molar-refractivity contribution in [2.24, 2.45) is 46.3 Å². The lowest BCUT2D eigenvalue weighted by Gasteiger charge is -2.58. The Morgan fingerprint density at radius 1 is 0.907 bits per heavy atom. The van der Waals surface area contributed by atoms with Gasteiger partial charge in [0, 0.05) is 12.5 Å². The van der Waals surface area contributed by atoms with E-state index in [1.165, 1.54) is 56.9 Å². The first kappa shape index (κ1) is 38.5. The third-order valence-corrected chi connectivity index (χ3v) is 14.3. The van der Waals surface area contributed by atoms with Gasteiger partial charge in [0.2, 0.25) is 11.2 Å². The van der Waals surface area contributed by atoms with Crippen LogP contribution in [0.4, 0.5) is 0 Å². The van der Waals surface area contributed by atoms with Crippen molar-refractivity contribution in [1.29, 1.82) is 0 Å². The van der Waals surface area contributed by atoms with Crippen LogP contribution in [0.5, 0.6) is 23.0 Å². The summed E-state index contributed by atoms with van der Waals surface area (Å²) < 4.78 is 29.3. The molecule has 292 valence electrons. The molecular formula is C47H62O7. The van der Waals surface area contributed by atoms with E-state index in [-0.39, 0.29) is 35.3 Å². The topological polar surface area (TPSA) is 84.2 Å². The molecule has 0 unspecified atom stereocenters. The molecule has 3 saturated carbocycles. The molecule has 1 aromatic heterocycles. The molecule has 54 heavy (non-hydrogen) atoms. The summed E-state index contributed by atoms with van der Waals surface area (Å²) >= 11 is 0. The standard InChI is InChI=1S/C47H62O7/c1-8-50-33-13-15-34(16-14-33)54-45-31(5)52-42-27-35(17-19-38(42)44(45)49)51-28-43(48)53-36-22-24-46(6)32(26-36)12-18-37-40-21-20-39(30(4)11-9-10-29(2)3)47(40,7)25-23-41(37)46/h12-17,19,27,29-30,36-37,39-41H,8-11,18,20-26,28H2,1-7H3/t30-,36+,37-,39+,40-,41-,46+,47-/m1/s1. The summed E-state index contributed by atoms with van der Waals surface area (Å²) in [7, 11) is 0. The first-order chi connectivity index (χ1) is 25.9. The van der Waals surface area contributed by atoms with Gasteiger partial charge in [0.1, 0.15) is 34.7 Å². The molecule has 3 fully saturated rings. The third-order valence-electron chi connectivity index (χ3n) is 14.3. The largest absolute Gasteiger partial charge is 0.494 e. The second-order valence-electron chi connectivity index (χ2n) is 17.9. The van der Waals surface area contributed by atoms with Crippen LogP contribution in [0.2, 0.25) is 0 Å². The van der Waals surface area contributed by atoms with Crippen LogP contribution in [0.15, 0.2) is 63.3 Å². The number of carbonyl (C=O) groups is 1. The first-order valence-electron chi connectivity index (χ1n) is 20.9. The minimum Gasteiger partial charge on any atom is -0.494 e. The molecule has 7 heteroatoms. The lowest BCUT2D eigenvalue weighted by atomic mass is 9.47.